The molecule has 1 aromatic heterocycles. The average molecular weight is 270 g/mol. The van der Waals surface area contributed by atoms with Crippen LogP contribution in [0.1, 0.15) is 5.82 Å². The molecular weight excluding hydrogens is 261 g/mol. The molecule has 1 heterocycles. The highest BCUT2D eigenvalue weighted by Gasteiger charge is 2.02. The first-order valence-corrected chi connectivity index (χ1v) is 5.55. The van der Waals surface area contributed by atoms with Crippen LogP contribution in [-0.2, 0) is 6.61 Å². The van der Waals surface area contributed by atoms with Crippen LogP contribution in [0.2, 0.25) is 10.0 Å². The predicted octanol–water partition coefficient (Wildman–Crippen LogP) is 2.94. The van der Waals surface area contributed by atoms with E-state index in [4.69, 9.17) is 33.7 Å². The number of aromatic nitrogens is 2. The normalized spacial score (nSPS) is 10.2. The van der Waals surface area contributed by atoms with Crippen molar-refractivity contribution in [1.82, 2.24) is 9.97 Å². The highest BCUT2D eigenvalue weighted by molar-refractivity contribution is 6.42. The number of nitrogen functional groups attached to an aromatic ring is 1. The molecule has 4 nitrogen and oxygen atoms in total. The van der Waals surface area contributed by atoms with Gasteiger partial charge in [0, 0.05) is 6.07 Å². The van der Waals surface area contributed by atoms with Crippen molar-refractivity contribution in [2.75, 3.05) is 5.73 Å². The van der Waals surface area contributed by atoms with E-state index in [2.05, 4.69) is 9.97 Å². The van der Waals surface area contributed by atoms with E-state index in [0.717, 1.165) is 0 Å². The second kappa shape index (κ2) is 5.21. The molecule has 0 amide bonds. The Balaban J connectivity index is 2.02. The van der Waals surface area contributed by atoms with Gasteiger partial charge < -0.3 is 10.5 Å². The van der Waals surface area contributed by atoms with Gasteiger partial charge in [-0.1, -0.05) is 23.2 Å². The molecule has 0 aliphatic carbocycles. The molecule has 0 bridgehead atoms. The fourth-order valence-electron chi connectivity index (χ4n) is 1.15. The largest absolute Gasteiger partial charge is 0.486 e. The second-order valence-electron chi connectivity index (χ2n) is 3.30. The van der Waals surface area contributed by atoms with E-state index in [1.54, 1.807) is 18.2 Å². The van der Waals surface area contributed by atoms with Gasteiger partial charge in [-0.3, -0.25) is 0 Å². The first kappa shape index (κ1) is 12.0. The summed E-state index contributed by atoms with van der Waals surface area (Å²) in [5.41, 5.74) is 5.99. The summed E-state index contributed by atoms with van der Waals surface area (Å²) in [5.74, 6) is 1.16. The zero-order valence-corrected chi connectivity index (χ0v) is 10.2. The molecule has 0 radical (unpaired) electrons. The molecule has 6 heteroatoms. The van der Waals surface area contributed by atoms with Crippen molar-refractivity contribution in [3.63, 3.8) is 0 Å². The molecule has 0 fully saturated rings. The SMILES string of the molecule is Nc1cnc(COc2ccc(Cl)c(Cl)c2)nc1. The molecule has 2 N–H and O–H groups in total. The molecule has 0 spiro atoms. The van der Waals surface area contributed by atoms with Gasteiger partial charge in [0.2, 0.25) is 0 Å². The van der Waals surface area contributed by atoms with Crippen LogP contribution in [0.3, 0.4) is 0 Å². The third kappa shape index (κ3) is 3.22. The summed E-state index contributed by atoms with van der Waals surface area (Å²) < 4.78 is 5.46. The van der Waals surface area contributed by atoms with Crippen LogP contribution in [-0.4, -0.2) is 9.97 Å². The lowest BCUT2D eigenvalue weighted by molar-refractivity contribution is 0.296. The van der Waals surface area contributed by atoms with Gasteiger partial charge in [0.25, 0.3) is 0 Å². The summed E-state index contributed by atoms with van der Waals surface area (Å²) in [5, 5.41) is 0.935. The minimum Gasteiger partial charge on any atom is -0.486 e. The third-order valence-electron chi connectivity index (χ3n) is 1.98. The van der Waals surface area contributed by atoms with E-state index in [1.807, 2.05) is 0 Å². The van der Waals surface area contributed by atoms with E-state index in [-0.39, 0.29) is 6.61 Å². The number of anilines is 1. The monoisotopic (exact) mass is 269 g/mol. The lowest BCUT2D eigenvalue weighted by Crippen LogP contribution is -2.01. The Hall–Kier alpha value is -1.52. The Morgan fingerprint density at radius 3 is 2.47 bits per heavy atom. The predicted molar refractivity (Wildman–Crippen MR) is 67.2 cm³/mol. The van der Waals surface area contributed by atoms with E-state index in [9.17, 15) is 0 Å². The second-order valence-corrected chi connectivity index (χ2v) is 4.11. The fraction of sp³-hybridized carbons (Fsp3) is 0.0909. The Morgan fingerprint density at radius 1 is 1.12 bits per heavy atom. The number of halogens is 2. The van der Waals surface area contributed by atoms with Crippen molar-refractivity contribution in [3.05, 3.63) is 46.5 Å². The van der Waals surface area contributed by atoms with Crippen molar-refractivity contribution in [2.24, 2.45) is 0 Å². The van der Waals surface area contributed by atoms with E-state index in [1.165, 1.54) is 12.4 Å². The molecule has 0 atom stereocenters. The molecule has 88 valence electrons. The summed E-state index contributed by atoms with van der Waals surface area (Å²) in [6, 6.07) is 5.04. The molecule has 0 saturated carbocycles. The summed E-state index contributed by atoms with van der Waals surface area (Å²) in [6.45, 7) is 0.248. The molecular formula is C11H9Cl2N3O. The number of hydrogen-bond donors (Lipinski definition) is 1. The molecule has 1 aromatic carbocycles. The number of ether oxygens (including phenoxy) is 1. The van der Waals surface area contributed by atoms with Crippen molar-refractivity contribution in [3.8, 4) is 5.75 Å². The summed E-state index contributed by atoms with van der Waals surface area (Å²) in [6.07, 6.45) is 3.06. The van der Waals surface area contributed by atoms with Gasteiger partial charge in [-0.25, -0.2) is 9.97 Å². The molecule has 0 aliphatic rings. The molecule has 0 aliphatic heterocycles. The Labute approximate surface area is 108 Å². The minimum atomic E-state index is 0.248. The van der Waals surface area contributed by atoms with Crippen molar-refractivity contribution in [2.45, 2.75) is 6.61 Å². The highest BCUT2D eigenvalue weighted by Crippen LogP contribution is 2.26. The molecule has 17 heavy (non-hydrogen) atoms. The van der Waals surface area contributed by atoms with Crippen LogP contribution in [0.5, 0.6) is 5.75 Å². The smallest absolute Gasteiger partial charge is 0.166 e. The maximum Gasteiger partial charge on any atom is 0.166 e. The lowest BCUT2D eigenvalue weighted by Gasteiger charge is -2.06. The number of rotatable bonds is 3. The van der Waals surface area contributed by atoms with Crippen LogP contribution in [0.15, 0.2) is 30.6 Å². The fourth-order valence-corrected chi connectivity index (χ4v) is 1.44. The van der Waals surface area contributed by atoms with Gasteiger partial charge in [0.15, 0.2) is 5.82 Å². The number of hydrogen-bond acceptors (Lipinski definition) is 4. The third-order valence-corrected chi connectivity index (χ3v) is 2.72. The summed E-state index contributed by atoms with van der Waals surface area (Å²) in [7, 11) is 0. The lowest BCUT2D eigenvalue weighted by atomic mass is 10.3. The van der Waals surface area contributed by atoms with Gasteiger partial charge in [-0.05, 0) is 12.1 Å². The number of nitrogens with two attached hydrogens (primary N) is 1. The Morgan fingerprint density at radius 2 is 1.82 bits per heavy atom. The van der Waals surface area contributed by atoms with E-state index >= 15 is 0 Å². The maximum atomic E-state index is 5.86. The van der Waals surface area contributed by atoms with Crippen LogP contribution >= 0.6 is 23.2 Å². The Bertz CT molecular complexity index is 517. The molecule has 2 aromatic rings. The van der Waals surface area contributed by atoms with Crippen molar-refractivity contribution in [1.29, 1.82) is 0 Å². The number of nitrogens with zero attached hydrogens (tertiary/aromatic N) is 2. The Kier molecular flexibility index (Phi) is 3.66. The summed E-state index contributed by atoms with van der Waals surface area (Å²) in [4.78, 5) is 8.03. The van der Waals surface area contributed by atoms with Crippen LogP contribution in [0.4, 0.5) is 5.69 Å². The highest BCUT2D eigenvalue weighted by atomic mass is 35.5. The van der Waals surface area contributed by atoms with Crippen molar-refractivity contribution >= 4 is 28.9 Å². The van der Waals surface area contributed by atoms with Gasteiger partial charge in [-0.2, -0.15) is 0 Å². The average Bonchev–Trinajstić information content (AvgIpc) is 2.33. The van der Waals surface area contributed by atoms with Crippen LogP contribution in [0, 0.1) is 0 Å². The first-order valence-electron chi connectivity index (χ1n) is 4.79. The molecule has 0 unspecified atom stereocenters. The zero-order valence-electron chi connectivity index (χ0n) is 8.73. The van der Waals surface area contributed by atoms with Crippen LogP contribution in [0.25, 0.3) is 0 Å². The van der Waals surface area contributed by atoms with E-state index < -0.39 is 0 Å². The van der Waals surface area contributed by atoms with E-state index in [0.29, 0.717) is 27.3 Å². The van der Waals surface area contributed by atoms with Gasteiger partial charge in [0.1, 0.15) is 12.4 Å². The first-order chi connectivity index (χ1) is 8.15. The zero-order chi connectivity index (χ0) is 12.3. The summed E-state index contributed by atoms with van der Waals surface area (Å²) >= 11 is 11.6. The van der Waals surface area contributed by atoms with Gasteiger partial charge in [0.05, 0.1) is 28.1 Å². The maximum absolute atomic E-state index is 5.86. The quantitative estimate of drug-likeness (QED) is 0.931. The number of benzene rings is 1. The van der Waals surface area contributed by atoms with Crippen LogP contribution < -0.4 is 10.5 Å². The van der Waals surface area contributed by atoms with Gasteiger partial charge >= 0.3 is 0 Å². The van der Waals surface area contributed by atoms with Gasteiger partial charge in [-0.15, -0.1) is 0 Å². The molecule has 0 saturated heterocycles. The minimum absolute atomic E-state index is 0.248. The standard InChI is InChI=1S/C11H9Cl2N3O/c12-9-2-1-8(3-10(9)13)17-6-11-15-4-7(14)5-16-11/h1-5H,6,14H2. The van der Waals surface area contributed by atoms with Crippen molar-refractivity contribution < 1.29 is 4.74 Å². The topological polar surface area (TPSA) is 61.0 Å². The molecule has 2 rings (SSSR count).